The summed E-state index contributed by atoms with van der Waals surface area (Å²) in [6.45, 7) is -0.270. The molecule has 0 fully saturated rings. The molecule has 5 heteroatoms. The van der Waals surface area contributed by atoms with E-state index in [4.69, 9.17) is 10.8 Å². The normalized spacial score (nSPS) is 14.3. The van der Waals surface area contributed by atoms with E-state index in [2.05, 4.69) is 0 Å². The molecule has 3 rings (SSSR count). The Morgan fingerprint density at radius 3 is 2.58 bits per heavy atom. The van der Waals surface area contributed by atoms with E-state index in [-0.39, 0.29) is 19.1 Å². The minimum atomic E-state index is -0.407. The Bertz CT molecular complexity index is 709. The Morgan fingerprint density at radius 1 is 1.11 bits per heavy atom. The van der Waals surface area contributed by atoms with Gasteiger partial charge in [0.2, 0.25) is 0 Å². The van der Waals surface area contributed by atoms with E-state index in [1.54, 1.807) is 24.3 Å². The molecule has 0 bridgehead atoms. The fourth-order valence-corrected chi connectivity index (χ4v) is 2.48. The Morgan fingerprint density at radius 2 is 1.84 bits per heavy atom. The smallest absolute Gasteiger partial charge is 0.261 e. The molecular weight excluding hydrogens is 244 g/mol. The molecule has 0 saturated carbocycles. The molecule has 0 aromatic heterocycles. The molecule has 2 aromatic carbocycles. The SMILES string of the molecule is Nc1cc2c3c(cccc3c1)C(=O)N(CCO)C2=O. The maximum atomic E-state index is 12.3. The Kier molecular flexibility index (Phi) is 2.50. The van der Waals surface area contributed by atoms with Gasteiger partial charge in [0.1, 0.15) is 0 Å². The summed E-state index contributed by atoms with van der Waals surface area (Å²) >= 11 is 0. The number of β-amino-alcohol motifs (C(OH)–C–C–N with tert-alkyl or cyclic N) is 1. The van der Waals surface area contributed by atoms with E-state index >= 15 is 0 Å². The second-order valence-electron chi connectivity index (χ2n) is 4.46. The summed E-state index contributed by atoms with van der Waals surface area (Å²) in [5.74, 6) is -0.781. The van der Waals surface area contributed by atoms with Crippen molar-refractivity contribution < 1.29 is 14.7 Å². The number of nitrogen functional groups attached to an aromatic ring is 1. The fraction of sp³-hybridized carbons (Fsp3) is 0.143. The summed E-state index contributed by atoms with van der Waals surface area (Å²) in [4.78, 5) is 25.6. The highest BCUT2D eigenvalue weighted by atomic mass is 16.3. The molecule has 96 valence electrons. The minimum Gasteiger partial charge on any atom is -0.399 e. The monoisotopic (exact) mass is 256 g/mol. The lowest BCUT2D eigenvalue weighted by molar-refractivity contribution is 0.0580. The molecular formula is C14H12N2O3. The van der Waals surface area contributed by atoms with Crippen molar-refractivity contribution in [1.29, 1.82) is 0 Å². The second-order valence-corrected chi connectivity index (χ2v) is 4.46. The quantitative estimate of drug-likeness (QED) is 0.620. The van der Waals surface area contributed by atoms with E-state index in [1.807, 2.05) is 6.07 Å². The zero-order chi connectivity index (χ0) is 13.6. The molecule has 5 nitrogen and oxygen atoms in total. The molecule has 2 amide bonds. The van der Waals surface area contributed by atoms with E-state index in [0.29, 0.717) is 22.2 Å². The van der Waals surface area contributed by atoms with Gasteiger partial charge in [0.25, 0.3) is 11.8 Å². The first-order chi connectivity index (χ1) is 9.13. The average molecular weight is 256 g/mol. The molecule has 0 saturated heterocycles. The molecule has 0 spiro atoms. The van der Waals surface area contributed by atoms with E-state index < -0.39 is 5.91 Å². The van der Waals surface area contributed by atoms with Gasteiger partial charge in [-0.25, -0.2) is 0 Å². The van der Waals surface area contributed by atoms with Crippen LogP contribution in [0.4, 0.5) is 5.69 Å². The van der Waals surface area contributed by atoms with Gasteiger partial charge >= 0.3 is 0 Å². The molecule has 0 aliphatic carbocycles. The van der Waals surface area contributed by atoms with Crippen LogP contribution < -0.4 is 5.73 Å². The van der Waals surface area contributed by atoms with Crippen LogP contribution in [0, 0.1) is 0 Å². The number of nitrogens with two attached hydrogens (primary N) is 1. The van der Waals surface area contributed by atoms with Gasteiger partial charge in [0.05, 0.1) is 18.7 Å². The molecule has 19 heavy (non-hydrogen) atoms. The number of amides is 2. The lowest BCUT2D eigenvalue weighted by Crippen LogP contribution is -2.41. The zero-order valence-corrected chi connectivity index (χ0v) is 10.1. The molecule has 1 aliphatic rings. The van der Waals surface area contributed by atoms with Crippen LogP contribution in [0.1, 0.15) is 20.7 Å². The van der Waals surface area contributed by atoms with Gasteiger partial charge in [-0.1, -0.05) is 12.1 Å². The van der Waals surface area contributed by atoms with Gasteiger partial charge in [-0.2, -0.15) is 0 Å². The highest BCUT2D eigenvalue weighted by molar-refractivity contribution is 6.25. The first kappa shape index (κ1) is 11.7. The van der Waals surface area contributed by atoms with Crippen LogP contribution in [0.2, 0.25) is 0 Å². The Balaban J connectivity index is 2.35. The first-order valence-corrected chi connectivity index (χ1v) is 5.93. The second kappa shape index (κ2) is 4.07. The maximum absolute atomic E-state index is 12.3. The number of carbonyl (C=O) groups is 2. The highest BCUT2D eigenvalue weighted by Gasteiger charge is 2.32. The van der Waals surface area contributed by atoms with Crippen LogP contribution in [0.25, 0.3) is 10.8 Å². The van der Waals surface area contributed by atoms with Crippen molar-refractivity contribution in [3.05, 3.63) is 41.5 Å². The van der Waals surface area contributed by atoms with Gasteiger partial charge in [-0.3, -0.25) is 14.5 Å². The van der Waals surface area contributed by atoms with Crippen LogP contribution >= 0.6 is 0 Å². The van der Waals surface area contributed by atoms with Gasteiger partial charge in [-0.05, 0) is 23.6 Å². The third kappa shape index (κ3) is 1.59. The van der Waals surface area contributed by atoms with Gasteiger partial charge in [-0.15, -0.1) is 0 Å². The summed E-state index contributed by atoms with van der Waals surface area (Å²) in [5, 5.41) is 10.4. The lowest BCUT2D eigenvalue weighted by atomic mass is 9.93. The number of carbonyl (C=O) groups excluding carboxylic acids is 2. The first-order valence-electron chi connectivity index (χ1n) is 5.93. The van der Waals surface area contributed by atoms with Gasteiger partial charge in [0.15, 0.2) is 0 Å². The minimum absolute atomic E-state index is 0.0116. The average Bonchev–Trinajstić information content (AvgIpc) is 2.40. The van der Waals surface area contributed by atoms with Crippen LogP contribution in [0.3, 0.4) is 0 Å². The van der Waals surface area contributed by atoms with Crippen LogP contribution in [-0.2, 0) is 0 Å². The number of imide groups is 1. The largest absolute Gasteiger partial charge is 0.399 e. The third-order valence-electron chi connectivity index (χ3n) is 3.27. The van der Waals surface area contributed by atoms with E-state index in [0.717, 1.165) is 10.3 Å². The molecule has 2 aromatic rings. The van der Waals surface area contributed by atoms with Crippen molar-refractivity contribution in [3.8, 4) is 0 Å². The van der Waals surface area contributed by atoms with Gasteiger partial charge in [0, 0.05) is 16.6 Å². The van der Waals surface area contributed by atoms with Crippen molar-refractivity contribution in [2.45, 2.75) is 0 Å². The molecule has 1 heterocycles. The number of anilines is 1. The maximum Gasteiger partial charge on any atom is 0.261 e. The predicted octanol–water partition coefficient (Wildman–Crippen LogP) is 1.01. The van der Waals surface area contributed by atoms with Crippen molar-refractivity contribution in [1.82, 2.24) is 4.90 Å². The Hall–Kier alpha value is -2.40. The van der Waals surface area contributed by atoms with Crippen LogP contribution in [-0.4, -0.2) is 35.0 Å². The number of aliphatic hydroxyl groups is 1. The number of hydrogen-bond donors (Lipinski definition) is 2. The van der Waals surface area contributed by atoms with Crippen LogP contribution in [0.15, 0.2) is 30.3 Å². The molecule has 1 aliphatic heterocycles. The van der Waals surface area contributed by atoms with E-state index in [1.165, 1.54) is 0 Å². The summed E-state index contributed by atoms with van der Waals surface area (Å²) < 4.78 is 0. The summed E-state index contributed by atoms with van der Waals surface area (Å²) in [6, 6.07) is 8.57. The zero-order valence-electron chi connectivity index (χ0n) is 10.1. The number of benzene rings is 2. The summed E-state index contributed by atoms with van der Waals surface area (Å²) in [7, 11) is 0. The number of aliphatic hydroxyl groups excluding tert-OH is 1. The molecule has 0 unspecified atom stereocenters. The number of rotatable bonds is 2. The number of nitrogens with zero attached hydrogens (tertiary/aromatic N) is 1. The third-order valence-corrected chi connectivity index (χ3v) is 3.27. The van der Waals surface area contributed by atoms with Crippen molar-refractivity contribution >= 4 is 28.3 Å². The molecule has 0 radical (unpaired) electrons. The number of hydrogen-bond acceptors (Lipinski definition) is 4. The predicted molar refractivity (Wildman–Crippen MR) is 70.8 cm³/mol. The highest BCUT2D eigenvalue weighted by Crippen LogP contribution is 2.31. The lowest BCUT2D eigenvalue weighted by Gasteiger charge is -2.26. The van der Waals surface area contributed by atoms with E-state index in [9.17, 15) is 9.59 Å². The van der Waals surface area contributed by atoms with Crippen molar-refractivity contribution in [2.75, 3.05) is 18.9 Å². The van der Waals surface area contributed by atoms with Crippen molar-refractivity contribution in [3.63, 3.8) is 0 Å². The Labute approximate surface area is 109 Å². The van der Waals surface area contributed by atoms with Crippen LogP contribution in [0.5, 0.6) is 0 Å². The fourth-order valence-electron chi connectivity index (χ4n) is 2.48. The van der Waals surface area contributed by atoms with Gasteiger partial charge < -0.3 is 10.8 Å². The topological polar surface area (TPSA) is 83.6 Å². The molecule has 3 N–H and O–H groups in total. The molecule has 0 atom stereocenters. The summed E-state index contributed by atoms with van der Waals surface area (Å²) in [6.07, 6.45) is 0. The standard InChI is InChI=1S/C14H12N2O3/c15-9-6-8-2-1-3-10-12(8)11(7-9)14(19)16(4-5-17)13(10)18/h1-3,6-7,17H,4-5,15H2. The summed E-state index contributed by atoms with van der Waals surface area (Å²) in [5.41, 5.74) is 7.15. The van der Waals surface area contributed by atoms with Crippen molar-refractivity contribution in [2.24, 2.45) is 0 Å².